The van der Waals surface area contributed by atoms with Gasteiger partial charge in [-0.15, -0.1) is 15.3 Å². The number of hydrogen-bond acceptors (Lipinski definition) is 8. The molecule has 1 aromatic carbocycles. The second kappa shape index (κ2) is 7.00. The third-order valence-electron chi connectivity index (χ3n) is 4.34. The fourth-order valence-corrected chi connectivity index (χ4v) is 2.94. The Morgan fingerprint density at radius 1 is 1.03 bits per heavy atom. The Balaban J connectivity index is 1.44. The summed E-state index contributed by atoms with van der Waals surface area (Å²) in [5, 5.41) is 21.5. The predicted molar refractivity (Wildman–Crippen MR) is 106 cm³/mol. The van der Waals surface area contributed by atoms with Gasteiger partial charge in [0.1, 0.15) is 11.4 Å². The first-order valence-electron chi connectivity index (χ1n) is 8.77. The van der Waals surface area contributed by atoms with E-state index in [9.17, 15) is 0 Å². The molecule has 0 aliphatic rings. The molecule has 0 bridgehead atoms. The molecule has 2 N–H and O–H groups in total. The van der Waals surface area contributed by atoms with Gasteiger partial charge in [-0.1, -0.05) is 6.07 Å². The highest BCUT2D eigenvalue weighted by molar-refractivity contribution is 5.65. The van der Waals surface area contributed by atoms with Gasteiger partial charge in [0, 0.05) is 5.56 Å². The lowest BCUT2D eigenvalue weighted by atomic mass is 10.1. The number of benzene rings is 1. The molecule has 10 nitrogen and oxygen atoms in total. The summed E-state index contributed by atoms with van der Waals surface area (Å²) >= 11 is 0. The monoisotopic (exact) mass is 385 g/mol. The Morgan fingerprint density at radius 3 is 2.66 bits per heavy atom. The molecule has 0 saturated heterocycles. The molecule has 10 heteroatoms. The average Bonchev–Trinajstić information content (AvgIpc) is 3.44. The van der Waals surface area contributed by atoms with Crippen LogP contribution in [0.25, 0.3) is 28.4 Å². The number of ether oxygens (including phenoxy) is 1. The summed E-state index contributed by atoms with van der Waals surface area (Å²) in [5.41, 5.74) is 4.04. The van der Waals surface area contributed by atoms with Crippen molar-refractivity contribution in [3.8, 4) is 28.5 Å². The first-order valence-corrected chi connectivity index (χ1v) is 8.77. The van der Waals surface area contributed by atoms with Gasteiger partial charge >= 0.3 is 0 Å². The van der Waals surface area contributed by atoms with E-state index in [-0.39, 0.29) is 0 Å². The largest absolute Gasteiger partial charge is 0.497 e. The molecule has 0 fully saturated rings. The number of nitrogens with one attached hydrogen (secondary N) is 2. The number of H-pyrrole nitrogens is 1. The van der Waals surface area contributed by atoms with Gasteiger partial charge in [-0.05, 0) is 53.7 Å². The summed E-state index contributed by atoms with van der Waals surface area (Å²) in [6.07, 6.45) is 1.67. The standard InChI is InChI=1S/C19H15N9O/c1-29-14-8-5-12(6-9-14)16-3-2-4-17-22-19(25-28(16)17)21-13-7-10-15(20-11-13)18-23-26-27-24-18/h2-11H,1H3,(H,21,25)(H,23,24,26,27). The van der Waals surface area contributed by atoms with E-state index in [2.05, 4.69) is 41.0 Å². The number of nitrogens with zero attached hydrogens (tertiary/aromatic N) is 7. The fourth-order valence-electron chi connectivity index (χ4n) is 2.94. The minimum absolute atomic E-state index is 0.437. The Bertz CT molecular complexity index is 1250. The first kappa shape index (κ1) is 16.8. The van der Waals surface area contributed by atoms with Crippen molar-refractivity contribution in [1.29, 1.82) is 0 Å². The van der Waals surface area contributed by atoms with Crippen molar-refractivity contribution in [3.05, 3.63) is 60.8 Å². The fraction of sp³-hybridized carbons (Fsp3) is 0.0526. The van der Waals surface area contributed by atoms with Gasteiger partial charge in [0.25, 0.3) is 0 Å². The summed E-state index contributed by atoms with van der Waals surface area (Å²) in [6.45, 7) is 0. The molecular weight excluding hydrogens is 370 g/mol. The van der Waals surface area contributed by atoms with Crippen LogP contribution in [0.1, 0.15) is 0 Å². The van der Waals surface area contributed by atoms with E-state index < -0.39 is 0 Å². The molecule has 0 aliphatic carbocycles. The van der Waals surface area contributed by atoms with Gasteiger partial charge in [0.2, 0.25) is 11.8 Å². The highest BCUT2D eigenvalue weighted by Gasteiger charge is 2.10. The summed E-state index contributed by atoms with van der Waals surface area (Å²) in [7, 11) is 1.65. The van der Waals surface area contributed by atoms with E-state index >= 15 is 0 Å². The molecule has 0 radical (unpaired) electrons. The van der Waals surface area contributed by atoms with E-state index in [1.54, 1.807) is 23.9 Å². The normalized spacial score (nSPS) is 10.9. The van der Waals surface area contributed by atoms with Crippen LogP contribution >= 0.6 is 0 Å². The molecule has 0 spiro atoms. The predicted octanol–water partition coefficient (Wildman–Crippen LogP) is 2.72. The molecule has 4 aromatic heterocycles. The highest BCUT2D eigenvalue weighted by atomic mass is 16.5. The maximum atomic E-state index is 5.23. The number of pyridine rings is 2. The van der Waals surface area contributed by atoms with Crippen molar-refractivity contribution in [3.63, 3.8) is 0 Å². The van der Waals surface area contributed by atoms with Gasteiger partial charge in [0.05, 0.1) is 24.7 Å². The van der Waals surface area contributed by atoms with Gasteiger partial charge in [-0.3, -0.25) is 4.98 Å². The second-order valence-electron chi connectivity index (χ2n) is 6.14. The van der Waals surface area contributed by atoms with Crippen LogP contribution in [0, 0.1) is 0 Å². The molecule has 0 unspecified atom stereocenters. The second-order valence-corrected chi connectivity index (χ2v) is 6.14. The van der Waals surface area contributed by atoms with Crippen molar-refractivity contribution >= 4 is 17.3 Å². The maximum Gasteiger partial charge on any atom is 0.247 e. The van der Waals surface area contributed by atoms with Crippen LogP contribution in [0.15, 0.2) is 60.8 Å². The van der Waals surface area contributed by atoms with Crippen LogP contribution in [0.2, 0.25) is 0 Å². The number of anilines is 2. The van der Waals surface area contributed by atoms with Crippen molar-refractivity contribution in [2.75, 3.05) is 12.4 Å². The number of fused-ring (bicyclic) bond motifs is 1. The summed E-state index contributed by atoms with van der Waals surface area (Å²) < 4.78 is 7.03. The summed E-state index contributed by atoms with van der Waals surface area (Å²) in [6, 6.07) is 17.3. The zero-order valence-electron chi connectivity index (χ0n) is 15.3. The summed E-state index contributed by atoms with van der Waals surface area (Å²) in [4.78, 5) is 8.88. The van der Waals surface area contributed by atoms with Gasteiger partial charge in [-0.2, -0.15) is 10.2 Å². The quantitative estimate of drug-likeness (QED) is 0.474. The molecule has 0 atom stereocenters. The van der Waals surface area contributed by atoms with Crippen molar-refractivity contribution in [1.82, 2.24) is 40.2 Å². The lowest BCUT2D eigenvalue weighted by Gasteiger charge is -2.05. The van der Waals surface area contributed by atoms with Crippen LogP contribution < -0.4 is 10.1 Å². The third kappa shape index (κ3) is 3.23. The smallest absolute Gasteiger partial charge is 0.247 e. The SMILES string of the molecule is COc1ccc(-c2cccc3nc(Nc4ccc(-c5nn[nH]n5)nc4)nn23)cc1. The highest BCUT2D eigenvalue weighted by Crippen LogP contribution is 2.24. The number of methoxy groups -OCH3 is 1. The molecule has 4 heterocycles. The van der Waals surface area contributed by atoms with E-state index in [1.807, 2.05) is 48.5 Å². The zero-order chi connectivity index (χ0) is 19.6. The topological polar surface area (TPSA) is 119 Å². The van der Waals surface area contributed by atoms with Gasteiger partial charge in [0.15, 0.2) is 5.65 Å². The number of hydrogen-bond donors (Lipinski definition) is 2. The molecular formula is C19H15N9O. The van der Waals surface area contributed by atoms with Crippen molar-refractivity contribution < 1.29 is 4.74 Å². The van der Waals surface area contributed by atoms with Gasteiger partial charge in [-0.25, -0.2) is 4.52 Å². The van der Waals surface area contributed by atoms with Crippen LogP contribution in [-0.2, 0) is 0 Å². The van der Waals surface area contributed by atoms with E-state index in [4.69, 9.17) is 4.74 Å². The Morgan fingerprint density at radius 2 is 1.93 bits per heavy atom. The molecule has 5 aromatic rings. The summed E-state index contributed by atoms with van der Waals surface area (Å²) in [5.74, 6) is 1.71. The minimum atomic E-state index is 0.437. The number of tetrazole rings is 1. The lowest BCUT2D eigenvalue weighted by molar-refractivity contribution is 0.415. The molecule has 0 amide bonds. The van der Waals surface area contributed by atoms with E-state index in [0.717, 1.165) is 28.3 Å². The first-order chi connectivity index (χ1) is 14.3. The Labute approximate surface area is 164 Å². The third-order valence-corrected chi connectivity index (χ3v) is 4.34. The lowest BCUT2D eigenvalue weighted by Crippen LogP contribution is -1.96. The van der Waals surface area contributed by atoms with E-state index in [1.165, 1.54) is 0 Å². The Hall–Kier alpha value is -4.34. The number of rotatable bonds is 5. The molecule has 5 rings (SSSR count). The van der Waals surface area contributed by atoms with Crippen LogP contribution in [-0.4, -0.2) is 47.3 Å². The van der Waals surface area contributed by atoms with Crippen molar-refractivity contribution in [2.45, 2.75) is 0 Å². The van der Waals surface area contributed by atoms with Crippen LogP contribution in [0.4, 0.5) is 11.6 Å². The number of aromatic amines is 1. The van der Waals surface area contributed by atoms with Crippen molar-refractivity contribution in [2.24, 2.45) is 0 Å². The maximum absolute atomic E-state index is 5.23. The average molecular weight is 385 g/mol. The van der Waals surface area contributed by atoms with Gasteiger partial charge < -0.3 is 10.1 Å². The molecule has 0 saturated carbocycles. The molecule has 142 valence electrons. The number of aromatic nitrogens is 8. The van der Waals surface area contributed by atoms with Crippen LogP contribution in [0.3, 0.4) is 0 Å². The van der Waals surface area contributed by atoms with E-state index in [0.29, 0.717) is 17.5 Å². The Kier molecular flexibility index (Phi) is 4.06. The molecule has 29 heavy (non-hydrogen) atoms. The zero-order valence-corrected chi connectivity index (χ0v) is 15.3. The molecule has 0 aliphatic heterocycles. The minimum Gasteiger partial charge on any atom is -0.497 e. The van der Waals surface area contributed by atoms with Crippen LogP contribution in [0.5, 0.6) is 5.75 Å².